The molecule has 0 unspecified atom stereocenters. The third-order valence-corrected chi connectivity index (χ3v) is 6.89. The molecule has 0 aliphatic heterocycles. The lowest BCUT2D eigenvalue weighted by Crippen LogP contribution is -2.33. The van der Waals surface area contributed by atoms with Crippen molar-refractivity contribution in [3.63, 3.8) is 0 Å². The minimum absolute atomic E-state index is 0.0203. The van der Waals surface area contributed by atoms with Crippen LogP contribution in [-0.2, 0) is 5.41 Å². The molecule has 33 heavy (non-hydrogen) atoms. The van der Waals surface area contributed by atoms with Crippen molar-refractivity contribution in [2.45, 2.75) is 33.1 Å². The molecule has 4 aromatic carbocycles. The molecule has 5 rings (SSSR count). The second-order valence-electron chi connectivity index (χ2n) is 9.65. The Morgan fingerprint density at radius 3 is 1.88 bits per heavy atom. The molecule has 0 amide bonds. The van der Waals surface area contributed by atoms with Gasteiger partial charge in [-0.2, -0.15) is 4.57 Å². The number of benzene rings is 4. The van der Waals surface area contributed by atoms with Crippen molar-refractivity contribution < 1.29 is 4.57 Å². The number of aromatic nitrogens is 1. The van der Waals surface area contributed by atoms with E-state index in [-0.39, 0.29) is 5.41 Å². The van der Waals surface area contributed by atoms with Gasteiger partial charge >= 0.3 is 0 Å². The number of halogens is 2. The van der Waals surface area contributed by atoms with Gasteiger partial charge in [-0.3, -0.25) is 0 Å². The molecule has 0 spiro atoms. The van der Waals surface area contributed by atoms with Gasteiger partial charge in [-0.05, 0) is 47.7 Å². The van der Waals surface area contributed by atoms with Crippen molar-refractivity contribution in [3.8, 4) is 16.8 Å². The molecule has 1 nitrogen and oxygen atoms in total. The first-order valence-electron chi connectivity index (χ1n) is 11.2. The lowest BCUT2D eigenvalue weighted by Gasteiger charge is -2.20. The van der Waals surface area contributed by atoms with Crippen LogP contribution in [0.2, 0.25) is 10.0 Å². The predicted octanol–water partition coefficient (Wildman–Crippen LogP) is 8.85. The van der Waals surface area contributed by atoms with Crippen molar-refractivity contribution in [1.82, 2.24) is 0 Å². The highest BCUT2D eigenvalue weighted by Crippen LogP contribution is 2.43. The molecule has 0 radical (unpaired) electrons. The molecule has 5 aromatic rings. The van der Waals surface area contributed by atoms with E-state index in [4.69, 9.17) is 23.2 Å². The van der Waals surface area contributed by atoms with Gasteiger partial charge in [-0.15, -0.1) is 0 Å². The minimum Gasteiger partial charge on any atom is -0.153 e. The van der Waals surface area contributed by atoms with Crippen LogP contribution in [-0.4, -0.2) is 0 Å². The molecule has 164 valence electrons. The number of nitrogens with zero attached hydrogens (tertiary/aromatic N) is 1. The summed E-state index contributed by atoms with van der Waals surface area (Å²) in [6.07, 6.45) is 0. The van der Waals surface area contributed by atoms with Gasteiger partial charge in [0.05, 0.1) is 10.8 Å². The smallest absolute Gasteiger partial charge is 0.153 e. The lowest BCUT2D eigenvalue weighted by molar-refractivity contribution is -0.538. The Morgan fingerprint density at radius 1 is 0.636 bits per heavy atom. The standard InChI is InChI=1S/C30H26Cl2N/c1-19-13-15-22-26(17-19)33(21-9-6-5-7-10-21)27-18-20(30(2,3)4)14-16-23(27)28(22)29-24(31)11-8-12-25(29)32/h5-18H,1-4H3/q+1. The summed E-state index contributed by atoms with van der Waals surface area (Å²) in [6.45, 7) is 8.88. The van der Waals surface area contributed by atoms with E-state index in [0.717, 1.165) is 38.6 Å². The Balaban J connectivity index is 2.07. The molecular formula is C30H26Cl2N+. The molecule has 0 atom stereocenters. The van der Waals surface area contributed by atoms with Crippen LogP contribution in [0.3, 0.4) is 0 Å². The predicted molar refractivity (Wildman–Crippen MR) is 142 cm³/mol. The highest BCUT2D eigenvalue weighted by molar-refractivity contribution is 6.40. The molecular weight excluding hydrogens is 445 g/mol. The fourth-order valence-electron chi connectivity index (χ4n) is 4.57. The first-order valence-corrected chi connectivity index (χ1v) is 11.9. The van der Waals surface area contributed by atoms with E-state index in [2.05, 4.69) is 99.0 Å². The van der Waals surface area contributed by atoms with Gasteiger partial charge in [-0.25, -0.2) is 0 Å². The summed E-state index contributed by atoms with van der Waals surface area (Å²) >= 11 is 13.5. The molecule has 0 N–H and O–H groups in total. The third kappa shape index (κ3) is 3.80. The largest absolute Gasteiger partial charge is 0.219 e. The third-order valence-electron chi connectivity index (χ3n) is 6.26. The molecule has 1 heterocycles. The molecule has 3 heteroatoms. The second kappa shape index (κ2) is 8.17. The van der Waals surface area contributed by atoms with E-state index in [1.54, 1.807) is 0 Å². The van der Waals surface area contributed by atoms with Crippen molar-refractivity contribution in [3.05, 3.63) is 106 Å². The highest BCUT2D eigenvalue weighted by Gasteiger charge is 2.27. The minimum atomic E-state index is 0.0203. The first kappa shape index (κ1) is 21.9. The maximum atomic E-state index is 6.77. The first-order chi connectivity index (χ1) is 15.8. The molecule has 0 aliphatic carbocycles. The molecule has 1 aromatic heterocycles. The Morgan fingerprint density at radius 2 is 1.24 bits per heavy atom. The van der Waals surface area contributed by atoms with E-state index in [9.17, 15) is 0 Å². The van der Waals surface area contributed by atoms with Crippen molar-refractivity contribution in [1.29, 1.82) is 0 Å². The summed E-state index contributed by atoms with van der Waals surface area (Å²) in [5, 5.41) is 3.56. The molecule has 0 aliphatic rings. The van der Waals surface area contributed by atoms with Crippen LogP contribution in [0.25, 0.3) is 38.6 Å². The van der Waals surface area contributed by atoms with Gasteiger partial charge in [0.1, 0.15) is 0 Å². The number of fused-ring (bicyclic) bond motifs is 2. The summed E-state index contributed by atoms with van der Waals surface area (Å²) in [7, 11) is 0. The van der Waals surface area contributed by atoms with Crippen LogP contribution in [0, 0.1) is 6.92 Å². The van der Waals surface area contributed by atoms with E-state index in [1.807, 2.05) is 18.2 Å². The summed E-state index contributed by atoms with van der Waals surface area (Å²) in [5.74, 6) is 0. The highest BCUT2D eigenvalue weighted by atomic mass is 35.5. The summed E-state index contributed by atoms with van der Waals surface area (Å²) in [4.78, 5) is 0. The van der Waals surface area contributed by atoms with Gasteiger partial charge < -0.3 is 0 Å². The summed E-state index contributed by atoms with van der Waals surface area (Å²) < 4.78 is 2.36. The van der Waals surface area contributed by atoms with Crippen molar-refractivity contribution >= 4 is 45.0 Å². The number of aryl methyl sites for hydroxylation is 1. The normalized spacial score (nSPS) is 11.9. The quantitative estimate of drug-likeness (QED) is 0.179. The van der Waals surface area contributed by atoms with Crippen LogP contribution in [0.1, 0.15) is 31.9 Å². The van der Waals surface area contributed by atoms with Crippen LogP contribution >= 0.6 is 23.2 Å². The zero-order chi connectivity index (χ0) is 23.3. The number of hydrogen-bond acceptors (Lipinski definition) is 0. The number of rotatable bonds is 2. The number of hydrogen-bond donors (Lipinski definition) is 0. The average Bonchev–Trinajstić information content (AvgIpc) is 2.78. The van der Waals surface area contributed by atoms with Gasteiger partial charge in [-0.1, -0.05) is 80.4 Å². The Hall–Kier alpha value is -2.87. The topological polar surface area (TPSA) is 3.88 Å². The SMILES string of the molecule is Cc1ccc2c(-c3c(Cl)cccc3Cl)c3ccc(C(C)(C)C)cc3[n+](-c3ccccc3)c2c1. The summed E-state index contributed by atoms with van der Waals surface area (Å²) in [6, 6.07) is 29.6. The van der Waals surface area contributed by atoms with Gasteiger partial charge in [0.15, 0.2) is 0 Å². The van der Waals surface area contributed by atoms with Crippen LogP contribution in [0.15, 0.2) is 84.9 Å². The molecule has 0 bridgehead atoms. The van der Waals surface area contributed by atoms with E-state index < -0.39 is 0 Å². The van der Waals surface area contributed by atoms with Crippen molar-refractivity contribution in [2.24, 2.45) is 0 Å². The van der Waals surface area contributed by atoms with Crippen LogP contribution < -0.4 is 4.57 Å². The zero-order valence-corrected chi connectivity index (χ0v) is 20.8. The second-order valence-corrected chi connectivity index (χ2v) is 10.5. The Labute approximate surface area is 205 Å². The molecule has 0 saturated heterocycles. The van der Waals surface area contributed by atoms with E-state index >= 15 is 0 Å². The number of para-hydroxylation sites is 1. The van der Waals surface area contributed by atoms with Crippen LogP contribution in [0.4, 0.5) is 0 Å². The van der Waals surface area contributed by atoms with Crippen LogP contribution in [0.5, 0.6) is 0 Å². The Bertz CT molecular complexity index is 1490. The summed E-state index contributed by atoms with van der Waals surface area (Å²) in [5.41, 5.74) is 7.85. The van der Waals surface area contributed by atoms with E-state index in [1.165, 1.54) is 11.1 Å². The maximum Gasteiger partial charge on any atom is 0.219 e. The lowest BCUT2D eigenvalue weighted by atomic mass is 9.85. The van der Waals surface area contributed by atoms with Crippen molar-refractivity contribution in [2.75, 3.05) is 0 Å². The fraction of sp³-hybridized carbons (Fsp3) is 0.167. The molecule has 0 fully saturated rings. The van der Waals surface area contributed by atoms with E-state index in [0.29, 0.717) is 10.0 Å². The Kier molecular flexibility index (Phi) is 5.43. The monoisotopic (exact) mass is 470 g/mol. The fourth-order valence-corrected chi connectivity index (χ4v) is 5.16. The average molecular weight is 471 g/mol. The maximum absolute atomic E-state index is 6.77. The van der Waals surface area contributed by atoms with Gasteiger partial charge in [0.2, 0.25) is 16.7 Å². The van der Waals surface area contributed by atoms with Gasteiger partial charge in [0.25, 0.3) is 0 Å². The van der Waals surface area contributed by atoms with Gasteiger partial charge in [0, 0.05) is 45.4 Å². The molecule has 0 saturated carbocycles. The zero-order valence-electron chi connectivity index (χ0n) is 19.3. The number of pyridine rings is 1.